The van der Waals surface area contributed by atoms with Gasteiger partial charge in [-0.25, -0.2) is 4.79 Å². The smallest absolute Gasteiger partial charge is 0.339 e. The number of benzene rings is 1. The molecule has 0 amide bonds. The highest BCUT2D eigenvalue weighted by molar-refractivity contribution is 5.94. The summed E-state index contributed by atoms with van der Waals surface area (Å²) >= 11 is 0. The second-order valence-electron chi connectivity index (χ2n) is 3.44. The van der Waals surface area contributed by atoms with Crippen LogP contribution in [0.2, 0.25) is 0 Å². The number of carbonyl (C=O) groups excluding carboxylic acids is 1. The summed E-state index contributed by atoms with van der Waals surface area (Å²) in [7, 11) is 0. The van der Waals surface area contributed by atoms with Crippen LogP contribution in [-0.2, 0) is 4.74 Å². The zero-order valence-corrected chi connectivity index (χ0v) is 8.04. The Morgan fingerprint density at radius 3 is 2.80 bits per heavy atom. The molecule has 0 saturated carbocycles. The highest BCUT2D eigenvalue weighted by Crippen LogP contribution is 2.33. The number of cyclic esters (lactones) is 1. The van der Waals surface area contributed by atoms with Crippen molar-refractivity contribution in [3.63, 3.8) is 0 Å². The Morgan fingerprint density at radius 2 is 2.13 bits per heavy atom. The third-order valence-corrected chi connectivity index (χ3v) is 2.49. The Balaban J connectivity index is 2.40. The van der Waals surface area contributed by atoms with Gasteiger partial charge in [0.15, 0.2) is 6.10 Å². The fourth-order valence-electron chi connectivity index (χ4n) is 1.64. The summed E-state index contributed by atoms with van der Waals surface area (Å²) in [6.45, 7) is 1.43. The fraction of sp³-hybridized carbons (Fsp3) is 0.300. The third kappa shape index (κ3) is 1.45. The fourth-order valence-corrected chi connectivity index (χ4v) is 1.64. The van der Waals surface area contributed by atoms with Gasteiger partial charge in [0.25, 0.3) is 6.04 Å². The first kappa shape index (κ1) is 9.64. The molecule has 1 aliphatic heterocycles. The molecule has 0 spiro atoms. The zero-order valence-electron chi connectivity index (χ0n) is 8.04. The van der Waals surface area contributed by atoms with E-state index in [1.807, 2.05) is 0 Å². The number of ether oxygens (including phenoxy) is 1. The van der Waals surface area contributed by atoms with Crippen LogP contribution in [0, 0.1) is 10.1 Å². The van der Waals surface area contributed by atoms with Gasteiger partial charge >= 0.3 is 5.97 Å². The molecule has 0 N–H and O–H groups in total. The molecule has 0 aromatic heterocycles. The maximum Gasteiger partial charge on any atom is 0.339 e. The van der Waals surface area contributed by atoms with Crippen molar-refractivity contribution in [2.75, 3.05) is 0 Å². The van der Waals surface area contributed by atoms with E-state index in [2.05, 4.69) is 0 Å². The van der Waals surface area contributed by atoms with Gasteiger partial charge in [0, 0.05) is 17.4 Å². The number of hydrogen-bond acceptors (Lipinski definition) is 4. The Morgan fingerprint density at radius 1 is 1.47 bits per heavy atom. The average molecular weight is 207 g/mol. The Bertz CT molecular complexity index is 429. The summed E-state index contributed by atoms with van der Waals surface area (Å²) in [5.74, 6) is -0.482. The second kappa shape index (κ2) is 3.34. The summed E-state index contributed by atoms with van der Waals surface area (Å²) < 4.78 is 4.97. The van der Waals surface area contributed by atoms with Gasteiger partial charge in [0.05, 0.1) is 5.56 Å². The number of fused-ring (bicyclic) bond motifs is 1. The van der Waals surface area contributed by atoms with E-state index in [-0.39, 0.29) is 0 Å². The van der Waals surface area contributed by atoms with Gasteiger partial charge in [-0.15, -0.1) is 0 Å². The molecule has 0 unspecified atom stereocenters. The van der Waals surface area contributed by atoms with Crippen LogP contribution in [0.4, 0.5) is 0 Å². The number of rotatable bonds is 2. The maximum atomic E-state index is 11.4. The largest absolute Gasteiger partial charge is 0.446 e. The van der Waals surface area contributed by atoms with E-state index in [0.29, 0.717) is 11.1 Å². The van der Waals surface area contributed by atoms with Crippen LogP contribution in [0.15, 0.2) is 24.3 Å². The molecule has 0 saturated heterocycles. The summed E-state index contributed by atoms with van der Waals surface area (Å²) in [5, 5.41) is 10.6. The molecule has 0 bridgehead atoms. The van der Waals surface area contributed by atoms with Crippen molar-refractivity contribution in [1.29, 1.82) is 0 Å². The molecule has 1 heterocycles. The van der Waals surface area contributed by atoms with Crippen molar-refractivity contribution >= 4 is 5.97 Å². The van der Waals surface area contributed by atoms with Gasteiger partial charge in [-0.3, -0.25) is 10.1 Å². The maximum absolute atomic E-state index is 11.4. The molecule has 78 valence electrons. The quantitative estimate of drug-likeness (QED) is 0.419. The monoisotopic (exact) mass is 207 g/mol. The van der Waals surface area contributed by atoms with Crippen molar-refractivity contribution in [2.45, 2.75) is 19.1 Å². The Hall–Kier alpha value is -1.91. The van der Waals surface area contributed by atoms with Gasteiger partial charge in [0.2, 0.25) is 0 Å². The Kier molecular flexibility index (Phi) is 2.15. The highest BCUT2D eigenvalue weighted by Gasteiger charge is 2.39. The third-order valence-electron chi connectivity index (χ3n) is 2.49. The van der Waals surface area contributed by atoms with E-state index in [4.69, 9.17) is 4.74 Å². The minimum absolute atomic E-state index is 0.427. The van der Waals surface area contributed by atoms with Crippen molar-refractivity contribution in [2.24, 2.45) is 0 Å². The van der Waals surface area contributed by atoms with Gasteiger partial charge in [0.1, 0.15) is 0 Å². The molecular weight excluding hydrogens is 198 g/mol. The zero-order chi connectivity index (χ0) is 11.0. The van der Waals surface area contributed by atoms with Gasteiger partial charge < -0.3 is 4.74 Å². The van der Waals surface area contributed by atoms with Gasteiger partial charge in [-0.05, 0) is 6.07 Å². The van der Waals surface area contributed by atoms with E-state index in [1.54, 1.807) is 24.3 Å². The van der Waals surface area contributed by atoms with Crippen LogP contribution in [0.5, 0.6) is 0 Å². The molecular formula is C10H9NO4. The van der Waals surface area contributed by atoms with Crippen LogP contribution in [-0.4, -0.2) is 16.9 Å². The van der Waals surface area contributed by atoms with Gasteiger partial charge in [-0.1, -0.05) is 18.2 Å². The molecule has 1 aliphatic rings. The van der Waals surface area contributed by atoms with Crippen LogP contribution < -0.4 is 0 Å². The number of carbonyl (C=O) groups is 1. The molecule has 0 radical (unpaired) electrons. The van der Waals surface area contributed by atoms with E-state index in [1.165, 1.54) is 6.92 Å². The first-order valence-corrected chi connectivity index (χ1v) is 4.54. The molecule has 0 fully saturated rings. The van der Waals surface area contributed by atoms with Crippen LogP contribution in [0.25, 0.3) is 0 Å². The van der Waals surface area contributed by atoms with E-state index in [9.17, 15) is 14.9 Å². The summed E-state index contributed by atoms with van der Waals surface area (Å²) in [6, 6.07) is 5.83. The summed E-state index contributed by atoms with van der Waals surface area (Å²) in [5.41, 5.74) is 1.03. The lowest BCUT2D eigenvalue weighted by Gasteiger charge is -2.11. The van der Waals surface area contributed by atoms with Gasteiger partial charge in [-0.2, -0.15) is 0 Å². The number of nitro groups is 1. The standard InChI is InChI=1S/C10H9NO4/c1-6(11(13)14)9-7-4-2-3-5-8(7)10(12)15-9/h2-6,9H,1H3/t6-,9+/m1/s1. The molecule has 0 aliphatic carbocycles. The molecule has 15 heavy (non-hydrogen) atoms. The second-order valence-corrected chi connectivity index (χ2v) is 3.44. The van der Waals surface area contributed by atoms with Crippen molar-refractivity contribution in [3.8, 4) is 0 Å². The molecule has 5 heteroatoms. The summed E-state index contributed by atoms with van der Waals surface area (Å²) in [6.07, 6.45) is -0.760. The number of esters is 1. The van der Waals surface area contributed by atoms with Crippen LogP contribution in [0.1, 0.15) is 28.9 Å². The van der Waals surface area contributed by atoms with Crippen LogP contribution in [0.3, 0.4) is 0 Å². The first-order chi connectivity index (χ1) is 7.11. The summed E-state index contributed by atoms with van der Waals surface area (Å²) in [4.78, 5) is 21.5. The van der Waals surface area contributed by atoms with Crippen molar-refractivity contribution in [3.05, 3.63) is 45.5 Å². The van der Waals surface area contributed by atoms with Crippen molar-refractivity contribution < 1.29 is 14.5 Å². The normalized spacial score (nSPS) is 20.6. The predicted molar refractivity (Wildman–Crippen MR) is 51.1 cm³/mol. The first-order valence-electron chi connectivity index (χ1n) is 4.54. The topological polar surface area (TPSA) is 69.4 Å². The van der Waals surface area contributed by atoms with E-state index < -0.39 is 23.0 Å². The minimum Gasteiger partial charge on any atom is -0.446 e. The number of nitrogens with zero attached hydrogens (tertiary/aromatic N) is 1. The predicted octanol–water partition coefficient (Wildman–Crippen LogP) is 1.56. The van der Waals surface area contributed by atoms with E-state index in [0.717, 1.165) is 0 Å². The molecule has 5 nitrogen and oxygen atoms in total. The molecule has 1 aromatic rings. The van der Waals surface area contributed by atoms with Crippen molar-refractivity contribution in [1.82, 2.24) is 0 Å². The molecule has 2 rings (SSSR count). The SMILES string of the molecule is C[C@H]([C@@H]1OC(=O)c2ccccc21)[N+](=O)[O-]. The molecule has 1 aromatic carbocycles. The molecule has 2 atom stereocenters. The lowest BCUT2D eigenvalue weighted by molar-refractivity contribution is -0.530. The Labute approximate surface area is 85.8 Å². The highest BCUT2D eigenvalue weighted by atomic mass is 16.6. The number of hydrogen-bond donors (Lipinski definition) is 0. The average Bonchev–Trinajstić information content (AvgIpc) is 2.56. The lowest BCUT2D eigenvalue weighted by Crippen LogP contribution is -2.24. The lowest BCUT2D eigenvalue weighted by atomic mass is 10.0. The van der Waals surface area contributed by atoms with E-state index >= 15 is 0 Å². The van der Waals surface area contributed by atoms with Crippen LogP contribution >= 0.6 is 0 Å². The minimum atomic E-state index is -0.919.